The molecule has 2 aromatic carbocycles. The molecule has 1 aliphatic rings. The molecule has 0 saturated heterocycles. The van der Waals surface area contributed by atoms with Crippen LogP contribution in [-0.4, -0.2) is 43.2 Å². The van der Waals surface area contributed by atoms with Crippen molar-refractivity contribution in [3.63, 3.8) is 0 Å². The van der Waals surface area contributed by atoms with Gasteiger partial charge in [-0.2, -0.15) is 33.6 Å². The zero-order valence-corrected chi connectivity index (χ0v) is 19.3. The number of carbonyl (C=O) groups excluding carboxylic acids is 1. The van der Waals surface area contributed by atoms with E-state index in [2.05, 4.69) is 30.2 Å². The first-order chi connectivity index (χ1) is 17.7. The van der Waals surface area contributed by atoms with Gasteiger partial charge < -0.3 is 9.84 Å². The number of carbonyl (C=O) groups is 1. The number of rotatable bonds is 4. The van der Waals surface area contributed by atoms with E-state index < -0.39 is 24.1 Å². The Morgan fingerprint density at radius 3 is 2.46 bits per heavy atom. The molecule has 2 aromatic heterocycles. The summed E-state index contributed by atoms with van der Waals surface area (Å²) in [6, 6.07) is 13.8. The van der Waals surface area contributed by atoms with Gasteiger partial charge in [-0.15, -0.1) is 0 Å². The smallest absolute Gasteiger partial charge is 0.329 e. The molecule has 4 aromatic rings. The molecule has 1 aliphatic heterocycles. The highest BCUT2D eigenvalue weighted by Gasteiger charge is 2.38. The van der Waals surface area contributed by atoms with E-state index in [0.29, 0.717) is 22.0 Å². The Morgan fingerprint density at radius 1 is 1.14 bits per heavy atom. The maximum atomic E-state index is 13.0. The predicted molar refractivity (Wildman–Crippen MR) is 124 cm³/mol. The summed E-state index contributed by atoms with van der Waals surface area (Å²) in [6.07, 6.45) is -1.76. The second-order valence-corrected chi connectivity index (χ2v) is 8.28. The molecule has 0 spiro atoms. The molecule has 5 rings (SSSR count). The highest BCUT2D eigenvalue weighted by Crippen LogP contribution is 2.30. The molecule has 0 aliphatic carbocycles. The lowest BCUT2D eigenvalue weighted by molar-refractivity contribution is -0.159. The van der Waals surface area contributed by atoms with Crippen molar-refractivity contribution in [2.75, 3.05) is 11.9 Å². The lowest BCUT2D eigenvalue weighted by atomic mass is 10.0. The van der Waals surface area contributed by atoms with Crippen molar-refractivity contribution < 1.29 is 22.5 Å². The number of amides is 2. The van der Waals surface area contributed by atoms with Crippen LogP contribution in [-0.2, 0) is 6.18 Å². The number of anilines is 1. The number of hydrogen-bond donors (Lipinski definition) is 1. The Labute approximate surface area is 211 Å². The van der Waals surface area contributed by atoms with E-state index in [1.807, 2.05) is 6.07 Å². The fourth-order valence-electron chi connectivity index (χ4n) is 3.61. The molecule has 0 fully saturated rings. The van der Waals surface area contributed by atoms with Crippen LogP contribution in [0.25, 0.3) is 11.4 Å². The monoisotopic (exact) mass is 526 g/mol. The number of benzene rings is 2. The summed E-state index contributed by atoms with van der Waals surface area (Å²) < 4.78 is 43.9. The van der Waals surface area contributed by atoms with E-state index in [4.69, 9.17) is 16.9 Å². The van der Waals surface area contributed by atoms with Crippen molar-refractivity contribution in [3.8, 4) is 17.5 Å². The highest BCUT2D eigenvalue weighted by molar-refractivity contribution is 6.30. The van der Waals surface area contributed by atoms with E-state index >= 15 is 0 Å². The molecule has 2 amide bonds. The zero-order valence-electron chi connectivity index (χ0n) is 18.5. The first-order valence-electron chi connectivity index (χ1n) is 10.6. The molecule has 1 atom stereocenters. The average Bonchev–Trinajstić information content (AvgIpc) is 3.64. The molecule has 14 heteroatoms. The van der Waals surface area contributed by atoms with E-state index in [1.54, 1.807) is 35.1 Å². The van der Waals surface area contributed by atoms with Gasteiger partial charge in [-0.3, -0.25) is 4.68 Å². The summed E-state index contributed by atoms with van der Waals surface area (Å²) >= 11 is 6.00. The van der Waals surface area contributed by atoms with Crippen LogP contribution < -0.4 is 5.32 Å². The molecule has 0 saturated carbocycles. The quantitative estimate of drug-likeness (QED) is 0.400. The molecular weight excluding hydrogens is 513 g/mol. The third-order valence-electron chi connectivity index (χ3n) is 5.38. The Bertz CT molecular complexity index is 1520. The van der Waals surface area contributed by atoms with Crippen molar-refractivity contribution in [1.82, 2.24) is 24.9 Å². The Kier molecular flexibility index (Phi) is 6.10. The van der Waals surface area contributed by atoms with Gasteiger partial charge in [0.1, 0.15) is 12.1 Å². The zero-order chi connectivity index (χ0) is 26.2. The molecule has 0 radical (unpaired) electrons. The minimum Gasteiger partial charge on any atom is -0.329 e. The summed E-state index contributed by atoms with van der Waals surface area (Å²) in [6.45, 7) is 0.136. The second kappa shape index (κ2) is 9.40. The number of alkyl halides is 3. The summed E-state index contributed by atoms with van der Waals surface area (Å²) in [5.74, 6) is -1.68. The molecule has 1 N–H and O–H groups in total. The van der Waals surface area contributed by atoms with Gasteiger partial charge in [-0.05, 0) is 36.4 Å². The standard InChI is InChI=1S/C23H14ClF3N8O2/c24-16-5-1-14(2-6-16)19-18(34-11-13(9-28)10-29-34)12-35(32-19)22(36)30-17-7-3-15(4-8-17)20-31-21(37-33-20)23(25,26)27/h1-8,10-11,18H,12H2,(H,30,36). The van der Waals surface area contributed by atoms with Crippen LogP contribution in [0.2, 0.25) is 5.02 Å². The maximum Gasteiger partial charge on any atom is 0.471 e. The van der Waals surface area contributed by atoms with Crippen LogP contribution >= 0.6 is 11.6 Å². The van der Waals surface area contributed by atoms with Gasteiger partial charge in [-0.25, -0.2) is 9.80 Å². The van der Waals surface area contributed by atoms with Crippen molar-refractivity contribution in [1.29, 1.82) is 5.26 Å². The van der Waals surface area contributed by atoms with Crippen LogP contribution in [0.5, 0.6) is 0 Å². The molecule has 37 heavy (non-hydrogen) atoms. The van der Waals surface area contributed by atoms with Crippen molar-refractivity contribution in [2.45, 2.75) is 12.2 Å². The molecule has 10 nitrogen and oxygen atoms in total. The van der Waals surface area contributed by atoms with Gasteiger partial charge in [0.25, 0.3) is 0 Å². The van der Waals surface area contributed by atoms with Crippen LogP contribution in [0.3, 0.4) is 0 Å². The number of nitrogens with one attached hydrogen (secondary N) is 1. The van der Waals surface area contributed by atoms with Gasteiger partial charge in [0.05, 0.1) is 24.0 Å². The number of urea groups is 1. The summed E-state index contributed by atoms with van der Waals surface area (Å²) in [7, 11) is 0. The Hall–Kier alpha value is -4.70. The number of nitrogens with zero attached hydrogens (tertiary/aromatic N) is 7. The maximum absolute atomic E-state index is 13.0. The second-order valence-electron chi connectivity index (χ2n) is 7.84. The Morgan fingerprint density at radius 2 is 1.84 bits per heavy atom. The minimum absolute atomic E-state index is 0.136. The average molecular weight is 527 g/mol. The van der Waals surface area contributed by atoms with Crippen LogP contribution in [0, 0.1) is 11.3 Å². The lowest BCUT2D eigenvalue weighted by Gasteiger charge is -2.16. The van der Waals surface area contributed by atoms with E-state index in [9.17, 15) is 18.0 Å². The van der Waals surface area contributed by atoms with Crippen molar-refractivity contribution in [3.05, 3.63) is 83.0 Å². The first kappa shape index (κ1) is 24.0. The number of halogens is 4. The number of hydrogen-bond acceptors (Lipinski definition) is 7. The van der Waals surface area contributed by atoms with Crippen molar-refractivity contribution >= 4 is 29.0 Å². The topological polar surface area (TPSA) is 125 Å². The summed E-state index contributed by atoms with van der Waals surface area (Å²) in [4.78, 5) is 16.3. The van der Waals surface area contributed by atoms with Gasteiger partial charge in [0.2, 0.25) is 5.82 Å². The Balaban J connectivity index is 1.34. The molecular formula is C23H14ClF3N8O2. The minimum atomic E-state index is -4.75. The van der Waals surface area contributed by atoms with E-state index in [-0.39, 0.29) is 17.9 Å². The van der Waals surface area contributed by atoms with Gasteiger partial charge in [0, 0.05) is 28.0 Å². The third kappa shape index (κ3) is 5.00. The fraction of sp³-hybridized carbons (Fsp3) is 0.130. The van der Waals surface area contributed by atoms with Crippen LogP contribution in [0.15, 0.2) is 70.5 Å². The van der Waals surface area contributed by atoms with Gasteiger partial charge in [0.15, 0.2) is 0 Å². The SMILES string of the molecule is N#Cc1cnn(C2CN(C(=O)Nc3ccc(-c4noc(C(F)(F)F)n4)cc3)N=C2c2ccc(Cl)cc2)c1. The molecule has 0 bridgehead atoms. The fourth-order valence-corrected chi connectivity index (χ4v) is 3.73. The van der Waals surface area contributed by atoms with E-state index in [0.717, 1.165) is 5.56 Å². The summed E-state index contributed by atoms with van der Waals surface area (Å²) in [5.41, 5.74) is 2.27. The first-order valence-corrected chi connectivity index (χ1v) is 11.0. The molecule has 1 unspecified atom stereocenters. The number of aromatic nitrogens is 4. The van der Waals surface area contributed by atoms with Crippen LogP contribution in [0.4, 0.5) is 23.7 Å². The lowest BCUT2D eigenvalue weighted by Crippen LogP contribution is -2.31. The largest absolute Gasteiger partial charge is 0.471 e. The normalized spacial score (nSPS) is 15.4. The van der Waals surface area contributed by atoms with Gasteiger partial charge in [-0.1, -0.05) is 28.9 Å². The van der Waals surface area contributed by atoms with Crippen LogP contribution in [0.1, 0.15) is 23.1 Å². The summed E-state index contributed by atoms with van der Waals surface area (Å²) in [5, 5.41) is 25.7. The third-order valence-corrected chi connectivity index (χ3v) is 5.63. The van der Waals surface area contributed by atoms with E-state index in [1.165, 1.54) is 35.5 Å². The highest BCUT2D eigenvalue weighted by atomic mass is 35.5. The predicted octanol–water partition coefficient (Wildman–Crippen LogP) is 4.97. The van der Waals surface area contributed by atoms with Crippen molar-refractivity contribution in [2.24, 2.45) is 5.10 Å². The molecule has 186 valence electrons. The number of nitriles is 1. The molecule has 3 heterocycles. The number of hydrazone groups is 1. The van der Waals surface area contributed by atoms with Gasteiger partial charge >= 0.3 is 18.1 Å².